The molecule has 0 N–H and O–H groups in total. The molecule has 0 amide bonds. The van der Waals surface area contributed by atoms with Crippen LogP contribution in [0.4, 0.5) is 0 Å². The zero-order valence-electron chi connectivity index (χ0n) is 18.1. The van der Waals surface area contributed by atoms with E-state index in [2.05, 4.69) is 34.2 Å². The second-order valence-corrected chi connectivity index (χ2v) is 7.61. The molecule has 0 unspecified atom stereocenters. The Hall–Kier alpha value is -3.69. The van der Waals surface area contributed by atoms with Crippen molar-refractivity contribution in [2.75, 3.05) is 0 Å². The van der Waals surface area contributed by atoms with Gasteiger partial charge in [0, 0.05) is 32.9 Å². The predicted octanol–water partition coefficient (Wildman–Crippen LogP) is 4.12. The van der Waals surface area contributed by atoms with Crippen LogP contribution in [0.15, 0.2) is 97.1 Å². The van der Waals surface area contributed by atoms with E-state index in [9.17, 15) is 10.2 Å². The summed E-state index contributed by atoms with van der Waals surface area (Å²) < 4.78 is 0. The Kier molecular flexibility index (Phi) is 6.71. The summed E-state index contributed by atoms with van der Waals surface area (Å²) in [5, 5.41) is 28.4. The molecule has 33 heavy (non-hydrogen) atoms. The van der Waals surface area contributed by atoms with Crippen LogP contribution in [-0.4, -0.2) is 20.1 Å². The van der Waals surface area contributed by atoms with E-state index in [1.54, 1.807) is 12.1 Å². The Morgan fingerprint density at radius 2 is 0.818 bits per heavy atom. The minimum absolute atomic E-state index is 0. The fourth-order valence-electron chi connectivity index (χ4n) is 3.96. The summed E-state index contributed by atoms with van der Waals surface area (Å²) in [6, 6.07) is 31.9. The first-order valence-electron chi connectivity index (χ1n) is 10.5. The van der Waals surface area contributed by atoms with E-state index < -0.39 is 0 Å². The van der Waals surface area contributed by atoms with Crippen molar-refractivity contribution in [3.05, 3.63) is 108 Å². The molecule has 5 heteroatoms. The molecule has 0 aliphatic carbocycles. The van der Waals surface area contributed by atoms with E-state index in [1.165, 1.54) is 0 Å². The number of pyridine rings is 2. The zero-order valence-corrected chi connectivity index (χ0v) is 18.1. The quantitative estimate of drug-likeness (QED) is 0.309. The van der Waals surface area contributed by atoms with Gasteiger partial charge in [-0.3, -0.25) is 9.97 Å². The first kappa shape index (κ1) is 22.5. The van der Waals surface area contributed by atoms with Gasteiger partial charge >= 0.3 is 10.1 Å². The summed E-state index contributed by atoms with van der Waals surface area (Å²) >= 11 is 0. The average molecular weight is 425 g/mol. The van der Waals surface area contributed by atoms with Crippen molar-refractivity contribution in [3.8, 4) is 0 Å². The van der Waals surface area contributed by atoms with Crippen molar-refractivity contribution < 1.29 is 10.2 Å². The zero-order chi connectivity index (χ0) is 21.9. The molecule has 2 heterocycles. The number of fused-ring (bicyclic) bond motifs is 6. The molecular weight excluding hydrogens is 405 g/mol. The van der Waals surface area contributed by atoms with Gasteiger partial charge < -0.3 is 10.2 Å². The molecule has 0 bridgehead atoms. The fraction of sp³-hybridized carbons (Fsp3) is 0.0714. The van der Waals surface area contributed by atoms with Gasteiger partial charge in [-0.15, -0.1) is 0 Å². The summed E-state index contributed by atoms with van der Waals surface area (Å²) in [6.07, 6.45) is 0. The molecule has 0 saturated carbocycles. The van der Waals surface area contributed by atoms with Crippen molar-refractivity contribution in [2.24, 2.45) is 0 Å². The summed E-state index contributed by atoms with van der Waals surface area (Å²) in [5.41, 5.74) is 3.05. The Morgan fingerprint density at radius 3 is 1.24 bits per heavy atom. The molecule has 6 rings (SSSR count). The summed E-state index contributed by atoms with van der Waals surface area (Å²) in [7, 11) is 0. The van der Waals surface area contributed by atoms with Gasteiger partial charge in [-0.25, -0.2) is 0 Å². The van der Waals surface area contributed by atoms with E-state index in [1.807, 2.05) is 60.7 Å². The molecular formula is C28H20BeN2O2. The second-order valence-electron chi connectivity index (χ2n) is 7.61. The van der Waals surface area contributed by atoms with E-state index >= 15 is 0 Å². The first-order valence-corrected chi connectivity index (χ1v) is 10.5. The first-order chi connectivity index (χ1) is 15.8. The number of nitrogens with zero attached hydrogens (tertiary/aromatic N) is 2. The van der Waals surface area contributed by atoms with Crippen LogP contribution in [0.1, 0.15) is 11.4 Å². The maximum Gasteiger partial charge on any atom is 2.00 e. The minimum Gasteiger partial charge on any atom is -0.850 e. The Bertz CT molecular complexity index is 1450. The smallest absolute Gasteiger partial charge is 0.850 e. The van der Waals surface area contributed by atoms with E-state index in [0.717, 1.165) is 43.4 Å². The predicted molar refractivity (Wildman–Crippen MR) is 132 cm³/mol. The number of rotatable bonds is 2. The number of hydrogen-bond acceptors (Lipinski definition) is 4. The Balaban J connectivity index is 0.000000152. The summed E-state index contributed by atoms with van der Waals surface area (Å²) in [4.78, 5) is 8.82. The van der Waals surface area contributed by atoms with Gasteiger partial charge in [-0.05, 0) is 22.9 Å². The molecule has 0 aliphatic heterocycles. The fourth-order valence-corrected chi connectivity index (χ4v) is 3.96. The van der Waals surface area contributed by atoms with Crippen molar-refractivity contribution in [3.63, 3.8) is 0 Å². The molecule has 0 radical (unpaired) electrons. The average Bonchev–Trinajstić information content (AvgIpc) is 2.88. The topological polar surface area (TPSA) is 71.9 Å². The maximum absolute atomic E-state index is 10.8. The van der Waals surface area contributed by atoms with E-state index in [0.29, 0.717) is 11.4 Å². The standard InChI is InChI=1S/2C14H10NO.Be/c2*16-9-12-8-7-11-6-5-10-3-1-2-4-13(10)14(11)15-12;/h2*1-8H,9H2;/q2*-1;+2. The van der Waals surface area contributed by atoms with Gasteiger partial charge in [0.05, 0.1) is 11.0 Å². The van der Waals surface area contributed by atoms with Gasteiger partial charge in [0.15, 0.2) is 0 Å². The van der Waals surface area contributed by atoms with Crippen LogP contribution >= 0.6 is 0 Å². The van der Waals surface area contributed by atoms with Crippen molar-refractivity contribution in [1.82, 2.24) is 9.97 Å². The molecule has 0 fully saturated rings. The van der Waals surface area contributed by atoms with Crippen LogP contribution in [0.5, 0.6) is 0 Å². The molecule has 2 aromatic heterocycles. The van der Waals surface area contributed by atoms with Crippen molar-refractivity contribution in [2.45, 2.75) is 13.2 Å². The molecule has 0 atom stereocenters. The second kappa shape index (κ2) is 9.84. The van der Waals surface area contributed by atoms with Crippen LogP contribution < -0.4 is 10.2 Å². The minimum atomic E-state index is -0.265. The third kappa shape index (κ3) is 4.46. The number of aromatic nitrogens is 2. The summed E-state index contributed by atoms with van der Waals surface area (Å²) in [5.74, 6) is 0. The van der Waals surface area contributed by atoms with Gasteiger partial charge in [0.2, 0.25) is 0 Å². The third-order valence-electron chi connectivity index (χ3n) is 5.58. The molecule has 6 aromatic rings. The van der Waals surface area contributed by atoms with Crippen molar-refractivity contribution >= 4 is 53.5 Å². The molecule has 4 aromatic carbocycles. The monoisotopic (exact) mass is 425 g/mol. The largest absolute Gasteiger partial charge is 2.00 e. The van der Waals surface area contributed by atoms with Gasteiger partial charge in [0.25, 0.3) is 0 Å². The number of benzene rings is 4. The molecule has 0 aliphatic rings. The van der Waals surface area contributed by atoms with Crippen LogP contribution in [-0.2, 0) is 13.2 Å². The van der Waals surface area contributed by atoms with Gasteiger partial charge in [0.1, 0.15) is 0 Å². The van der Waals surface area contributed by atoms with Crippen LogP contribution in [0.25, 0.3) is 43.4 Å². The maximum atomic E-state index is 10.8. The molecule has 0 saturated heterocycles. The van der Waals surface area contributed by atoms with Gasteiger partial charge in [-0.2, -0.15) is 0 Å². The van der Waals surface area contributed by atoms with E-state index in [-0.39, 0.29) is 23.3 Å². The summed E-state index contributed by atoms with van der Waals surface area (Å²) in [6.45, 7) is -0.529. The third-order valence-corrected chi connectivity index (χ3v) is 5.58. The van der Waals surface area contributed by atoms with Crippen LogP contribution in [0, 0.1) is 0 Å². The molecule has 4 nitrogen and oxygen atoms in total. The number of hydrogen-bond donors (Lipinski definition) is 0. The molecule has 0 spiro atoms. The Labute approximate surface area is 195 Å². The van der Waals surface area contributed by atoms with E-state index in [4.69, 9.17) is 0 Å². The normalized spacial score (nSPS) is 10.7. The SMILES string of the molecule is [Be+2].[O-]Cc1ccc2ccc3ccccc3c2n1.[O-]Cc1ccc2ccc3ccccc3c2n1. The van der Waals surface area contributed by atoms with Gasteiger partial charge in [-0.1, -0.05) is 98.1 Å². The molecule has 156 valence electrons. The van der Waals surface area contributed by atoms with Crippen LogP contribution in [0.2, 0.25) is 0 Å². The van der Waals surface area contributed by atoms with Crippen molar-refractivity contribution in [1.29, 1.82) is 0 Å². The Morgan fingerprint density at radius 1 is 0.455 bits per heavy atom. The van der Waals surface area contributed by atoms with Crippen LogP contribution in [0.3, 0.4) is 0 Å².